The third kappa shape index (κ3) is 6.69. The van der Waals surface area contributed by atoms with Gasteiger partial charge in [-0.05, 0) is 45.2 Å². The van der Waals surface area contributed by atoms with Gasteiger partial charge in [-0.1, -0.05) is 18.2 Å². The van der Waals surface area contributed by atoms with Crippen molar-refractivity contribution in [3.63, 3.8) is 0 Å². The van der Waals surface area contributed by atoms with Crippen molar-refractivity contribution >= 4 is 17.8 Å². The zero-order valence-electron chi connectivity index (χ0n) is 19.6. The maximum atomic E-state index is 12.7. The van der Waals surface area contributed by atoms with Crippen molar-refractivity contribution < 1.29 is 9.59 Å². The minimum atomic E-state index is -0.0528. The highest BCUT2D eigenvalue weighted by molar-refractivity contribution is 5.94. The number of nitrogens with zero attached hydrogens (tertiary/aromatic N) is 4. The monoisotopic (exact) mass is 442 g/mol. The standard InChI is InChI=1S/C24H38N6O2/c1-3-25-24(27-13-9-12-26-22(31)21-10-5-4-6-11-21)30-18-16-28(17-19-30)20(2)23(32)29-14-7-8-15-29/h4-6,10-11,20H,3,7-9,12-19H2,1-2H3,(H,25,27)(H,26,31). The number of nitrogens with one attached hydrogen (secondary N) is 2. The van der Waals surface area contributed by atoms with Gasteiger partial charge in [-0.25, -0.2) is 0 Å². The summed E-state index contributed by atoms with van der Waals surface area (Å²) in [6.07, 6.45) is 3.05. The SMILES string of the molecule is CCNC(=NCCCNC(=O)c1ccccc1)N1CCN(C(C)C(=O)N2CCCC2)CC1. The second-order valence-electron chi connectivity index (χ2n) is 8.44. The van der Waals surface area contributed by atoms with Crippen LogP contribution in [-0.4, -0.2) is 97.4 Å². The molecule has 32 heavy (non-hydrogen) atoms. The topological polar surface area (TPSA) is 80.3 Å². The lowest BCUT2D eigenvalue weighted by atomic mass is 10.2. The van der Waals surface area contributed by atoms with E-state index in [2.05, 4.69) is 27.4 Å². The second kappa shape index (κ2) is 12.4. The molecular weight excluding hydrogens is 404 g/mol. The molecular formula is C24H38N6O2. The van der Waals surface area contributed by atoms with E-state index in [0.717, 1.165) is 71.0 Å². The van der Waals surface area contributed by atoms with E-state index < -0.39 is 0 Å². The molecule has 8 heteroatoms. The van der Waals surface area contributed by atoms with Gasteiger partial charge in [0.1, 0.15) is 0 Å². The molecule has 1 unspecified atom stereocenters. The lowest BCUT2D eigenvalue weighted by Crippen LogP contribution is -2.57. The normalized spacial score (nSPS) is 18.5. The zero-order valence-corrected chi connectivity index (χ0v) is 19.6. The van der Waals surface area contributed by atoms with Crippen molar-refractivity contribution in [3.05, 3.63) is 35.9 Å². The van der Waals surface area contributed by atoms with Crippen LogP contribution in [0.1, 0.15) is 43.5 Å². The molecule has 0 aromatic heterocycles. The van der Waals surface area contributed by atoms with Gasteiger partial charge in [-0.2, -0.15) is 0 Å². The van der Waals surface area contributed by atoms with Crippen LogP contribution in [0, 0.1) is 0 Å². The quantitative estimate of drug-likeness (QED) is 0.361. The van der Waals surface area contributed by atoms with Gasteiger partial charge in [0, 0.05) is 64.5 Å². The smallest absolute Gasteiger partial charge is 0.251 e. The first-order valence-electron chi connectivity index (χ1n) is 12.0. The van der Waals surface area contributed by atoms with E-state index >= 15 is 0 Å². The molecule has 2 aliphatic heterocycles. The first-order valence-corrected chi connectivity index (χ1v) is 12.0. The molecule has 0 aliphatic carbocycles. The van der Waals surface area contributed by atoms with E-state index in [1.807, 2.05) is 42.2 Å². The number of aliphatic imine (C=N–C) groups is 1. The molecule has 1 aromatic rings. The highest BCUT2D eigenvalue weighted by Gasteiger charge is 2.30. The third-order valence-electron chi connectivity index (χ3n) is 6.19. The minimum absolute atomic E-state index is 0.0461. The second-order valence-corrected chi connectivity index (χ2v) is 8.44. The summed E-state index contributed by atoms with van der Waals surface area (Å²) in [6.45, 7) is 11.4. The third-order valence-corrected chi connectivity index (χ3v) is 6.19. The van der Waals surface area contributed by atoms with Gasteiger partial charge < -0.3 is 20.4 Å². The van der Waals surface area contributed by atoms with Gasteiger partial charge in [-0.15, -0.1) is 0 Å². The molecule has 1 atom stereocenters. The summed E-state index contributed by atoms with van der Waals surface area (Å²) in [5, 5.41) is 6.34. The number of carbonyl (C=O) groups is 2. The Morgan fingerprint density at radius 1 is 0.969 bits per heavy atom. The van der Waals surface area contributed by atoms with E-state index in [4.69, 9.17) is 4.99 Å². The van der Waals surface area contributed by atoms with Crippen molar-refractivity contribution in [1.82, 2.24) is 25.3 Å². The van der Waals surface area contributed by atoms with Crippen LogP contribution in [0.3, 0.4) is 0 Å². The zero-order chi connectivity index (χ0) is 22.8. The van der Waals surface area contributed by atoms with Crippen molar-refractivity contribution in [3.8, 4) is 0 Å². The van der Waals surface area contributed by atoms with Crippen molar-refractivity contribution in [1.29, 1.82) is 0 Å². The number of guanidine groups is 1. The Balaban J connectivity index is 1.41. The number of benzene rings is 1. The summed E-state index contributed by atoms with van der Waals surface area (Å²) in [5.41, 5.74) is 0.680. The maximum Gasteiger partial charge on any atom is 0.251 e. The van der Waals surface area contributed by atoms with Crippen LogP contribution >= 0.6 is 0 Å². The van der Waals surface area contributed by atoms with Gasteiger partial charge in [0.05, 0.1) is 6.04 Å². The lowest BCUT2D eigenvalue weighted by molar-refractivity contribution is -0.135. The van der Waals surface area contributed by atoms with Gasteiger partial charge in [0.25, 0.3) is 5.91 Å². The molecule has 0 radical (unpaired) electrons. The molecule has 2 amide bonds. The van der Waals surface area contributed by atoms with Crippen molar-refractivity contribution in [2.45, 2.75) is 39.2 Å². The fourth-order valence-corrected chi connectivity index (χ4v) is 4.26. The number of likely N-dealkylation sites (tertiary alicyclic amines) is 1. The number of hydrogen-bond acceptors (Lipinski definition) is 4. The maximum absolute atomic E-state index is 12.7. The van der Waals surface area contributed by atoms with E-state index in [-0.39, 0.29) is 17.9 Å². The number of hydrogen-bond donors (Lipinski definition) is 2. The van der Waals surface area contributed by atoms with Gasteiger partial charge in [0.2, 0.25) is 5.91 Å². The molecule has 0 spiro atoms. The molecule has 2 aliphatic rings. The fraction of sp³-hybridized carbons (Fsp3) is 0.625. The Hall–Kier alpha value is -2.61. The Morgan fingerprint density at radius 3 is 2.31 bits per heavy atom. The summed E-state index contributed by atoms with van der Waals surface area (Å²) in [7, 11) is 0. The van der Waals surface area contributed by atoms with E-state index in [1.165, 1.54) is 0 Å². The first-order chi connectivity index (χ1) is 15.6. The van der Waals surface area contributed by atoms with E-state index in [1.54, 1.807) is 0 Å². The number of rotatable bonds is 8. The van der Waals surface area contributed by atoms with Gasteiger partial charge >= 0.3 is 0 Å². The molecule has 176 valence electrons. The lowest BCUT2D eigenvalue weighted by Gasteiger charge is -2.39. The number of carbonyl (C=O) groups excluding carboxylic acids is 2. The minimum Gasteiger partial charge on any atom is -0.357 e. The van der Waals surface area contributed by atoms with Crippen molar-refractivity contribution in [2.24, 2.45) is 4.99 Å². The molecule has 1 aromatic carbocycles. The molecule has 2 heterocycles. The van der Waals surface area contributed by atoms with E-state index in [9.17, 15) is 9.59 Å². The Kier molecular flexibility index (Phi) is 9.34. The van der Waals surface area contributed by atoms with Gasteiger partial charge in [-0.3, -0.25) is 19.5 Å². The first kappa shape index (κ1) is 24.0. The Bertz CT molecular complexity index is 755. The molecule has 0 bridgehead atoms. The van der Waals surface area contributed by atoms with Crippen molar-refractivity contribution in [2.75, 3.05) is 58.9 Å². The van der Waals surface area contributed by atoms with Crippen LogP contribution in [-0.2, 0) is 4.79 Å². The van der Waals surface area contributed by atoms with Crippen LogP contribution in [0.25, 0.3) is 0 Å². The largest absolute Gasteiger partial charge is 0.357 e. The summed E-state index contributed by atoms with van der Waals surface area (Å²) in [6, 6.07) is 9.21. The highest BCUT2D eigenvalue weighted by Crippen LogP contribution is 2.14. The predicted octanol–water partition coefficient (Wildman–Crippen LogP) is 1.40. The molecule has 0 saturated carbocycles. The average Bonchev–Trinajstić information content (AvgIpc) is 3.38. The Morgan fingerprint density at radius 2 is 1.66 bits per heavy atom. The summed E-state index contributed by atoms with van der Waals surface area (Å²) in [4.78, 5) is 36.2. The molecule has 2 fully saturated rings. The van der Waals surface area contributed by atoms with Gasteiger partial charge in [0.15, 0.2) is 5.96 Å². The van der Waals surface area contributed by atoms with E-state index in [0.29, 0.717) is 18.7 Å². The number of amides is 2. The predicted molar refractivity (Wildman–Crippen MR) is 128 cm³/mol. The number of piperazine rings is 1. The van der Waals surface area contributed by atoms with Crippen LogP contribution in [0.5, 0.6) is 0 Å². The van der Waals surface area contributed by atoms with Crippen LogP contribution in [0.15, 0.2) is 35.3 Å². The van der Waals surface area contributed by atoms with Crippen LogP contribution < -0.4 is 10.6 Å². The summed E-state index contributed by atoms with van der Waals surface area (Å²) in [5.74, 6) is 1.14. The molecule has 3 rings (SSSR count). The summed E-state index contributed by atoms with van der Waals surface area (Å²) >= 11 is 0. The highest BCUT2D eigenvalue weighted by atomic mass is 16.2. The summed E-state index contributed by atoms with van der Waals surface area (Å²) < 4.78 is 0. The average molecular weight is 443 g/mol. The Labute approximate surface area is 192 Å². The van der Waals surface area contributed by atoms with Crippen LogP contribution in [0.4, 0.5) is 0 Å². The molecule has 2 saturated heterocycles. The molecule has 2 N–H and O–H groups in total. The van der Waals surface area contributed by atoms with Crippen LogP contribution in [0.2, 0.25) is 0 Å². The molecule has 8 nitrogen and oxygen atoms in total. The fourth-order valence-electron chi connectivity index (χ4n) is 4.26.